The minimum atomic E-state index is -0.419. The first-order chi connectivity index (χ1) is 7.50. The van der Waals surface area contributed by atoms with Crippen LogP contribution in [0.4, 0.5) is 0 Å². The Bertz CT molecular complexity index is 413. The molecule has 1 aromatic carbocycles. The van der Waals surface area contributed by atoms with E-state index in [0.717, 1.165) is 5.56 Å². The van der Waals surface area contributed by atoms with E-state index in [1.54, 1.807) is 12.1 Å². The Hall–Kier alpha value is -1.84. The van der Waals surface area contributed by atoms with E-state index in [0.29, 0.717) is 11.3 Å². The SMILES string of the molecule is CC(=O)c1ccc(C)cc1OCCC(N)=O. The van der Waals surface area contributed by atoms with Crippen molar-refractivity contribution in [2.75, 3.05) is 6.61 Å². The fourth-order valence-corrected chi connectivity index (χ4v) is 1.30. The second kappa shape index (κ2) is 5.30. The first-order valence-corrected chi connectivity index (χ1v) is 5.03. The van der Waals surface area contributed by atoms with Gasteiger partial charge in [0, 0.05) is 0 Å². The van der Waals surface area contributed by atoms with E-state index in [4.69, 9.17) is 10.5 Å². The van der Waals surface area contributed by atoms with Crippen LogP contribution in [0.1, 0.15) is 29.3 Å². The van der Waals surface area contributed by atoms with Gasteiger partial charge in [0.25, 0.3) is 0 Å². The zero-order chi connectivity index (χ0) is 12.1. The molecule has 0 aliphatic rings. The highest BCUT2D eigenvalue weighted by Gasteiger charge is 2.08. The number of Topliss-reactive ketones (excluding diaryl/α,β-unsaturated/α-hetero) is 1. The van der Waals surface area contributed by atoms with Crippen molar-refractivity contribution < 1.29 is 14.3 Å². The summed E-state index contributed by atoms with van der Waals surface area (Å²) in [6.07, 6.45) is 0.144. The molecule has 0 radical (unpaired) electrons. The average Bonchev–Trinajstić information content (AvgIpc) is 2.16. The van der Waals surface area contributed by atoms with Gasteiger partial charge in [-0.25, -0.2) is 0 Å². The lowest BCUT2D eigenvalue weighted by Gasteiger charge is -2.09. The van der Waals surface area contributed by atoms with Gasteiger partial charge in [-0.2, -0.15) is 0 Å². The number of hydrogen-bond acceptors (Lipinski definition) is 3. The standard InChI is InChI=1S/C12H15NO3/c1-8-3-4-10(9(2)14)11(7-8)16-6-5-12(13)15/h3-4,7H,5-6H2,1-2H3,(H2,13,15). The van der Waals surface area contributed by atoms with E-state index in [-0.39, 0.29) is 18.8 Å². The third kappa shape index (κ3) is 3.38. The zero-order valence-corrected chi connectivity index (χ0v) is 9.45. The molecule has 0 saturated heterocycles. The number of carbonyl (C=O) groups is 2. The summed E-state index contributed by atoms with van der Waals surface area (Å²) in [6.45, 7) is 3.58. The fraction of sp³-hybridized carbons (Fsp3) is 0.333. The highest BCUT2D eigenvalue weighted by Crippen LogP contribution is 2.20. The predicted octanol–water partition coefficient (Wildman–Crippen LogP) is 1.45. The molecule has 0 bridgehead atoms. The van der Waals surface area contributed by atoms with Gasteiger partial charge in [-0.1, -0.05) is 6.07 Å². The van der Waals surface area contributed by atoms with Crippen LogP contribution in [-0.4, -0.2) is 18.3 Å². The van der Waals surface area contributed by atoms with E-state index >= 15 is 0 Å². The molecule has 86 valence electrons. The van der Waals surface area contributed by atoms with Crippen LogP contribution < -0.4 is 10.5 Å². The second-order valence-corrected chi connectivity index (χ2v) is 3.62. The highest BCUT2D eigenvalue weighted by atomic mass is 16.5. The first kappa shape index (κ1) is 12.2. The van der Waals surface area contributed by atoms with Crippen LogP contribution in [0, 0.1) is 6.92 Å². The Kier molecular flexibility index (Phi) is 4.05. The number of ketones is 1. The maximum Gasteiger partial charge on any atom is 0.220 e. The molecular weight excluding hydrogens is 206 g/mol. The molecule has 0 unspecified atom stereocenters. The van der Waals surface area contributed by atoms with E-state index in [9.17, 15) is 9.59 Å². The number of nitrogens with two attached hydrogens (primary N) is 1. The molecule has 0 heterocycles. The van der Waals surface area contributed by atoms with Crippen molar-refractivity contribution in [1.29, 1.82) is 0 Å². The summed E-state index contributed by atoms with van der Waals surface area (Å²) in [5.41, 5.74) is 6.52. The molecule has 1 aromatic rings. The number of benzene rings is 1. The number of rotatable bonds is 5. The highest BCUT2D eigenvalue weighted by molar-refractivity contribution is 5.96. The van der Waals surface area contributed by atoms with E-state index in [1.807, 2.05) is 13.0 Å². The van der Waals surface area contributed by atoms with Crippen LogP contribution in [0.3, 0.4) is 0 Å². The smallest absolute Gasteiger partial charge is 0.220 e. The maximum absolute atomic E-state index is 11.3. The van der Waals surface area contributed by atoms with Crippen LogP contribution in [0.25, 0.3) is 0 Å². The number of carbonyl (C=O) groups excluding carboxylic acids is 2. The van der Waals surface area contributed by atoms with Crippen LogP contribution >= 0.6 is 0 Å². The van der Waals surface area contributed by atoms with Crippen molar-refractivity contribution >= 4 is 11.7 Å². The van der Waals surface area contributed by atoms with Crippen LogP contribution in [0.15, 0.2) is 18.2 Å². The van der Waals surface area contributed by atoms with Crippen molar-refractivity contribution in [1.82, 2.24) is 0 Å². The molecule has 4 nitrogen and oxygen atoms in total. The quantitative estimate of drug-likeness (QED) is 0.765. The summed E-state index contributed by atoms with van der Waals surface area (Å²) in [5.74, 6) is 0.0276. The van der Waals surface area contributed by atoms with Gasteiger partial charge in [-0.05, 0) is 31.5 Å². The van der Waals surface area contributed by atoms with E-state index in [2.05, 4.69) is 0 Å². The Morgan fingerprint density at radius 3 is 2.62 bits per heavy atom. The van der Waals surface area contributed by atoms with Gasteiger partial charge in [0.15, 0.2) is 5.78 Å². The van der Waals surface area contributed by atoms with Crippen LogP contribution in [-0.2, 0) is 4.79 Å². The summed E-state index contributed by atoms with van der Waals surface area (Å²) in [5, 5.41) is 0. The lowest BCUT2D eigenvalue weighted by molar-refractivity contribution is -0.118. The summed E-state index contributed by atoms with van der Waals surface area (Å²) in [7, 11) is 0. The monoisotopic (exact) mass is 221 g/mol. The molecule has 0 atom stereocenters. The van der Waals surface area contributed by atoms with Crippen LogP contribution in [0.2, 0.25) is 0 Å². The summed E-state index contributed by atoms with van der Waals surface area (Å²) in [4.78, 5) is 21.9. The minimum Gasteiger partial charge on any atom is -0.492 e. The van der Waals surface area contributed by atoms with Crippen molar-refractivity contribution in [3.63, 3.8) is 0 Å². The number of ether oxygens (including phenoxy) is 1. The molecule has 0 aromatic heterocycles. The summed E-state index contributed by atoms with van der Waals surface area (Å²) in [6, 6.07) is 5.34. The number of amides is 1. The average molecular weight is 221 g/mol. The summed E-state index contributed by atoms with van der Waals surface area (Å²) < 4.78 is 5.37. The largest absolute Gasteiger partial charge is 0.492 e. The van der Waals surface area contributed by atoms with E-state index in [1.165, 1.54) is 6.92 Å². The fourth-order valence-electron chi connectivity index (χ4n) is 1.30. The molecule has 0 aliphatic carbocycles. The van der Waals surface area contributed by atoms with Gasteiger partial charge in [-0.15, -0.1) is 0 Å². The third-order valence-corrected chi connectivity index (χ3v) is 2.12. The molecule has 0 spiro atoms. The second-order valence-electron chi connectivity index (χ2n) is 3.62. The van der Waals surface area contributed by atoms with Gasteiger partial charge in [0.05, 0.1) is 18.6 Å². The number of primary amides is 1. The van der Waals surface area contributed by atoms with Crippen molar-refractivity contribution in [3.8, 4) is 5.75 Å². The molecule has 1 rings (SSSR count). The zero-order valence-electron chi connectivity index (χ0n) is 9.45. The predicted molar refractivity (Wildman–Crippen MR) is 60.5 cm³/mol. The van der Waals surface area contributed by atoms with Crippen molar-refractivity contribution in [2.45, 2.75) is 20.3 Å². The van der Waals surface area contributed by atoms with Gasteiger partial charge in [0.1, 0.15) is 5.75 Å². The Balaban J connectivity index is 2.80. The minimum absolute atomic E-state index is 0.0610. The van der Waals surface area contributed by atoms with Gasteiger partial charge in [-0.3, -0.25) is 9.59 Å². The maximum atomic E-state index is 11.3. The van der Waals surface area contributed by atoms with Gasteiger partial charge < -0.3 is 10.5 Å². The van der Waals surface area contributed by atoms with Crippen molar-refractivity contribution in [2.24, 2.45) is 5.73 Å². The molecule has 16 heavy (non-hydrogen) atoms. The molecule has 4 heteroatoms. The van der Waals surface area contributed by atoms with E-state index < -0.39 is 5.91 Å². The molecule has 2 N–H and O–H groups in total. The Morgan fingerprint density at radius 2 is 2.06 bits per heavy atom. The topological polar surface area (TPSA) is 69.4 Å². The third-order valence-electron chi connectivity index (χ3n) is 2.12. The Labute approximate surface area is 94.4 Å². The summed E-state index contributed by atoms with van der Waals surface area (Å²) >= 11 is 0. The number of hydrogen-bond donors (Lipinski definition) is 1. The van der Waals surface area contributed by atoms with Crippen molar-refractivity contribution in [3.05, 3.63) is 29.3 Å². The molecular formula is C12H15NO3. The number of aryl methyl sites for hydroxylation is 1. The Morgan fingerprint density at radius 1 is 1.38 bits per heavy atom. The molecule has 1 amide bonds. The normalized spacial score (nSPS) is 9.88. The lowest BCUT2D eigenvalue weighted by Crippen LogP contribution is -2.15. The molecule has 0 aliphatic heterocycles. The van der Waals surface area contributed by atoms with Gasteiger partial charge >= 0.3 is 0 Å². The van der Waals surface area contributed by atoms with Crippen LogP contribution in [0.5, 0.6) is 5.75 Å². The lowest BCUT2D eigenvalue weighted by atomic mass is 10.1. The molecule has 0 saturated carbocycles. The first-order valence-electron chi connectivity index (χ1n) is 5.03. The molecule has 0 fully saturated rings. The van der Waals surface area contributed by atoms with Gasteiger partial charge in [0.2, 0.25) is 5.91 Å².